The number of aliphatic hydroxyl groups is 2. The second-order valence-electron chi connectivity index (χ2n) is 3.99. The van der Waals surface area contributed by atoms with Gasteiger partial charge in [-0.3, -0.25) is 0 Å². The van der Waals surface area contributed by atoms with Crippen LogP contribution in [-0.4, -0.2) is 23.4 Å². The molecule has 96 valence electrons. The first kappa shape index (κ1) is 14.5. The smallest absolute Gasteiger partial charge is 0.126 e. The fourth-order valence-corrected chi connectivity index (χ4v) is 1.89. The minimum absolute atomic E-state index is 0.232. The summed E-state index contributed by atoms with van der Waals surface area (Å²) in [6.07, 6.45) is 2.14. The van der Waals surface area contributed by atoms with Gasteiger partial charge in [-0.15, -0.1) is 0 Å². The Morgan fingerprint density at radius 3 is 2.71 bits per heavy atom. The van der Waals surface area contributed by atoms with Crippen molar-refractivity contribution in [3.05, 3.63) is 28.2 Å². The highest BCUT2D eigenvalue weighted by Gasteiger charge is 2.09. The molecule has 0 fully saturated rings. The van der Waals surface area contributed by atoms with Crippen LogP contribution in [0.25, 0.3) is 0 Å². The Morgan fingerprint density at radius 1 is 1.29 bits per heavy atom. The topological polar surface area (TPSA) is 49.7 Å². The zero-order chi connectivity index (χ0) is 12.7. The van der Waals surface area contributed by atoms with Crippen molar-refractivity contribution < 1.29 is 14.9 Å². The second kappa shape index (κ2) is 7.69. The van der Waals surface area contributed by atoms with Gasteiger partial charge < -0.3 is 14.9 Å². The van der Waals surface area contributed by atoms with Gasteiger partial charge >= 0.3 is 0 Å². The van der Waals surface area contributed by atoms with E-state index in [-0.39, 0.29) is 6.61 Å². The van der Waals surface area contributed by atoms with Gasteiger partial charge in [-0.05, 0) is 38.3 Å². The van der Waals surface area contributed by atoms with Crippen molar-refractivity contribution in [3.8, 4) is 5.75 Å². The molecule has 0 aliphatic rings. The van der Waals surface area contributed by atoms with Crippen molar-refractivity contribution in [1.82, 2.24) is 0 Å². The zero-order valence-corrected chi connectivity index (χ0v) is 11.6. The monoisotopic (exact) mass is 302 g/mol. The number of ether oxygens (including phenoxy) is 1. The van der Waals surface area contributed by atoms with Gasteiger partial charge in [0, 0.05) is 16.6 Å². The molecule has 1 aromatic carbocycles. The molecule has 0 heterocycles. The summed E-state index contributed by atoms with van der Waals surface area (Å²) in [4.78, 5) is 0. The van der Waals surface area contributed by atoms with Crippen LogP contribution in [0, 0.1) is 0 Å². The van der Waals surface area contributed by atoms with Crippen molar-refractivity contribution >= 4 is 15.9 Å². The summed E-state index contributed by atoms with van der Waals surface area (Å²) in [5.74, 6) is 0.721. The average Bonchev–Trinajstić information content (AvgIpc) is 2.28. The van der Waals surface area contributed by atoms with E-state index in [0.29, 0.717) is 6.61 Å². The highest BCUT2D eigenvalue weighted by atomic mass is 79.9. The van der Waals surface area contributed by atoms with Gasteiger partial charge in [0.05, 0.1) is 12.7 Å². The molecule has 4 heteroatoms. The van der Waals surface area contributed by atoms with Crippen molar-refractivity contribution in [1.29, 1.82) is 0 Å². The summed E-state index contributed by atoms with van der Waals surface area (Å²) in [7, 11) is 0. The molecule has 0 aliphatic heterocycles. The van der Waals surface area contributed by atoms with Gasteiger partial charge in [0.1, 0.15) is 5.75 Å². The maximum Gasteiger partial charge on any atom is 0.126 e. The Kier molecular flexibility index (Phi) is 6.55. The third-order valence-corrected chi connectivity index (χ3v) is 2.98. The van der Waals surface area contributed by atoms with Gasteiger partial charge in [0.15, 0.2) is 0 Å². The maximum atomic E-state index is 9.61. The number of aliphatic hydroxyl groups excluding tert-OH is 2. The standard InChI is InChI=1S/C13H19BrO3/c1-10(16)12-6-5-11(14)9-13(12)17-8-4-2-3-7-15/h5-6,9-10,15-16H,2-4,7-8H2,1H3/t10-/m1/s1. The summed E-state index contributed by atoms with van der Waals surface area (Å²) >= 11 is 3.38. The van der Waals surface area contributed by atoms with E-state index in [4.69, 9.17) is 9.84 Å². The average molecular weight is 303 g/mol. The number of halogens is 1. The lowest BCUT2D eigenvalue weighted by molar-refractivity contribution is 0.190. The van der Waals surface area contributed by atoms with Crippen LogP contribution in [0.2, 0.25) is 0 Å². The number of unbranched alkanes of at least 4 members (excludes halogenated alkanes) is 2. The number of rotatable bonds is 7. The van der Waals surface area contributed by atoms with Gasteiger partial charge in [-0.25, -0.2) is 0 Å². The number of hydrogen-bond donors (Lipinski definition) is 2. The summed E-state index contributed by atoms with van der Waals surface area (Å²) < 4.78 is 6.59. The zero-order valence-electron chi connectivity index (χ0n) is 10.0. The van der Waals surface area contributed by atoms with Crippen molar-refractivity contribution in [2.45, 2.75) is 32.3 Å². The van der Waals surface area contributed by atoms with E-state index in [1.54, 1.807) is 6.92 Å². The maximum absolute atomic E-state index is 9.61. The summed E-state index contributed by atoms with van der Waals surface area (Å²) in [5, 5.41) is 18.3. The van der Waals surface area contributed by atoms with Gasteiger partial charge in [0.2, 0.25) is 0 Å². The highest BCUT2D eigenvalue weighted by molar-refractivity contribution is 9.10. The van der Waals surface area contributed by atoms with E-state index in [1.165, 1.54) is 0 Å². The lowest BCUT2D eigenvalue weighted by atomic mass is 10.1. The molecule has 0 amide bonds. The van der Waals surface area contributed by atoms with E-state index in [9.17, 15) is 5.11 Å². The minimum Gasteiger partial charge on any atom is -0.493 e. The molecule has 3 nitrogen and oxygen atoms in total. The first-order chi connectivity index (χ1) is 8.15. The van der Waals surface area contributed by atoms with Crippen LogP contribution in [0.1, 0.15) is 37.9 Å². The molecule has 0 aromatic heterocycles. The molecule has 1 aromatic rings. The van der Waals surface area contributed by atoms with Gasteiger partial charge in [0.25, 0.3) is 0 Å². The summed E-state index contributed by atoms with van der Waals surface area (Å²) in [6, 6.07) is 5.62. The van der Waals surface area contributed by atoms with Crippen LogP contribution in [0.5, 0.6) is 5.75 Å². The predicted octanol–water partition coefficient (Wildman–Crippen LogP) is 3.04. The lowest BCUT2D eigenvalue weighted by Crippen LogP contribution is -2.02. The Bertz CT molecular complexity index is 339. The summed E-state index contributed by atoms with van der Waals surface area (Å²) in [6.45, 7) is 2.56. The van der Waals surface area contributed by atoms with Crippen LogP contribution in [0.15, 0.2) is 22.7 Å². The van der Waals surface area contributed by atoms with E-state index in [2.05, 4.69) is 15.9 Å². The third kappa shape index (κ3) is 5.06. The molecule has 0 saturated carbocycles. The Hall–Kier alpha value is -0.580. The molecular weight excluding hydrogens is 284 g/mol. The first-order valence-corrected chi connectivity index (χ1v) is 6.65. The Morgan fingerprint density at radius 2 is 2.06 bits per heavy atom. The Balaban J connectivity index is 2.53. The van der Waals surface area contributed by atoms with Crippen molar-refractivity contribution in [2.75, 3.05) is 13.2 Å². The van der Waals surface area contributed by atoms with E-state index < -0.39 is 6.10 Å². The quantitative estimate of drug-likeness (QED) is 0.761. The largest absolute Gasteiger partial charge is 0.493 e. The predicted molar refractivity (Wildman–Crippen MR) is 71.2 cm³/mol. The van der Waals surface area contributed by atoms with Crippen LogP contribution in [-0.2, 0) is 0 Å². The molecule has 1 atom stereocenters. The molecule has 0 bridgehead atoms. The molecule has 1 rings (SSSR count). The molecular formula is C13H19BrO3. The molecule has 0 spiro atoms. The van der Waals surface area contributed by atoms with Crippen LogP contribution < -0.4 is 4.74 Å². The third-order valence-electron chi connectivity index (χ3n) is 2.49. The number of benzene rings is 1. The Labute approximate surface area is 111 Å². The second-order valence-corrected chi connectivity index (χ2v) is 4.91. The van der Waals surface area contributed by atoms with E-state index in [1.807, 2.05) is 18.2 Å². The normalized spacial score (nSPS) is 12.5. The van der Waals surface area contributed by atoms with Crippen molar-refractivity contribution in [3.63, 3.8) is 0 Å². The highest BCUT2D eigenvalue weighted by Crippen LogP contribution is 2.28. The van der Waals surface area contributed by atoms with E-state index >= 15 is 0 Å². The SMILES string of the molecule is C[C@@H](O)c1ccc(Br)cc1OCCCCCO. The van der Waals surface area contributed by atoms with Crippen LogP contribution in [0.4, 0.5) is 0 Å². The van der Waals surface area contributed by atoms with Crippen LogP contribution >= 0.6 is 15.9 Å². The van der Waals surface area contributed by atoms with E-state index in [0.717, 1.165) is 35.0 Å². The lowest BCUT2D eigenvalue weighted by Gasteiger charge is -2.13. The molecule has 0 radical (unpaired) electrons. The van der Waals surface area contributed by atoms with Crippen LogP contribution in [0.3, 0.4) is 0 Å². The molecule has 2 N–H and O–H groups in total. The summed E-state index contributed by atoms with van der Waals surface area (Å²) in [5.41, 5.74) is 0.801. The molecule has 0 unspecified atom stereocenters. The number of hydrogen-bond acceptors (Lipinski definition) is 3. The molecule has 0 saturated heterocycles. The minimum atomic E-state index is -0.532. The first-order valence-electron chi connectivity index (χ1n) is 5.86. The fraction of sp³-hybridized carbons (Fsp3) is 0.538. The van der Waals surface area contributed by atoms with Gasteiger partial charge in [-0.2, -0.15) is 0 Å². The fourth-order valence-electron chi connectivity index (χ4n) is 1.55. The van der Waals surface area contributed by atoms with Gasteiger partial charge in [-0.1, -0.05) is 22.0 Å². The molecule has 17 heavy (non-hydrogen) atoms. The molecule has 0 aliphatic carbocycles. The van der Waals surface area contributed by atoms with Crippen molar-refractivity contribution in [2.24, 2.45) is 0 Å².